The Morgan fingerprint density at radius 1 is 1.45 bits per heavy atom. The molecule has 2 atom stereocenters. The van der Waals surface area contributed by atoms with Gasteiger partial charge in [-0.1, -0.05) is 0 Å². The third kappa shape index (κ3) is 2.27. The van der Waals surface area contributed by atoms with Gasteiger partial charge in [0.05, 0.1) is 0 Å². The number of nitrogens with one attached hydrogen (secondary N) is 1. The highest BCUT2D eigenvalue weighted by Gasteiger charge is 2.27. The largest absolute Gasteiger partial charge is 0.335 e. The van der Waals surface area contributed by atoms with Gasteiger partial charge in [0.15, 0.2) is 5.82 Å². The Morgan fingerprint density at radius 3 is 3.10 bits per heavy atom. The molecule has 1 saturated heterocycles. The van der Waals surface area contributed by atoms with E-state index in [2.05, 4.69) is 32.0 Å². The third-order valence-corrected chi connectivity index (χ3v) is 4.04. The fraction of sp³-hybridized carbons (Fsp3) is 0.500. The number of hydrogen-bond donors (Lipinski definition) is 2. The second kappa shape index (κ2) is 5.20. The van der Waals surface area contributed by atoms with Crippen LogP contribution in [-0.4, -0.2) is 38.8 Å². The maximum atomic E-state index is 6.13. The van der Waals surface area contributed by atoms with E-state index >= 15 is 0 Å². The molecule has 3 N–H and O–H groups in total. The number of nitrogens with two attached hydrogens (primary N) is 1. The van der Waals surface area contributed by atoms with E-state index in [1.54, 1.807) is 6.20 Å². The first-order valence-corrected chi connectivity index (χ1v) is 7.03. The number of anilines is 1. The molecule has 0 aliphatic carbocycles. The van der Waals surface area contributed by atoms with Crippen LogP contribution in [0.15, 0.2) is 18.3 Å². The minimum atomic E-state index is 0.186. The summed E-state index contributed by atoms with van der Waals surface area (Å²) in [5.41, 5.74) is 8.06. The fourth-order valence-corrected chi connectivity index (χ4v) is 2.69. The van der Waals surface area contributed by atoms with Crippen LogP contribution in [-0.2, 0) is 0 Å². The molecule has 3 rings (SSSR count). The van der Waals surface area contributed by atoms with Gasteiger partial charge in [0.2, 0.25) is 5.95 Å². The molecule has 1 fully saturated rings. The average molecular weight is 272 g/mol. The van der Waals surface area contributed by atoms with Crippen molar-refractivity contribution in [3.8, 4) is 11.4 Å². The molecule has 1 aliphatic rings. The molecule has 6 heteroatoms. The Kier molecular flexibility index (Phi) is 3.40. The quantitative estimate of drug-likeness (QED) is 0.865. The van der Waals surface area contributed by atoms with Crippen LogP contribution in [0.2, 0.25) is 0 Å². The lowest BCUT2D eigenvalue weighted by Gasteiger charge is -2.36. The van der Waals surface area contributed by atoms with E-state index in [-0.39, 0.29) is 12.1 Å². The van der Waals surface area contributed by atoms with E-state index in [9.17, 15) is 0 Å². The molecule has 0 spiro atoms. The number of aromatic nitrogens is 4. The van der Waals surface area contributed by atoms with Gasteiger partial charge < -0.3 is 10.6 Å². The Balaban J connectivity index is 1.89. The van der Waals surface area contributed by atoms with Crippen molar-refractivity contribution in [3.63, 3.8) is 0 Å². The standard InChI is InChI=1S/C14H20N6/c1-9-11(5-3-7-16-9)13-17-14(19-18-13)20-8-4-6-12(15)10(20)2/h3,5,7,10,12H,4,6,8,15H2,1-2H3,(H,17,18,19). The van der Waals surface area contributed by atoms with Gasteiger partial charge >= 0.3 is 0 Å². The summed E-state index contributed by atoms with van der Waals surface area (Å²) in [7, 11) is 0. The fourth-order valence-electron chi connectivity index (χ4n) is 2.69. The second-order valence-electron chi connectivity index (χ2n) is 5.36. The predicted octanol–water partition coefficient (Wildman–Crippen LogP) is 1.49. The SMILES string of the molecule is Cc1ncccc1-c1nc(N2CCCC(N)C2C)n[nH]1. The smallest absolute Gasteiger partial charge is 0.245 e. The van der Waals surface area contributed by atoms with Crippen molar-refractivity contribution in [3.05, 3.63) is 24.0 Å². The molecular weight excluding hydrogens is 252 g/mol. The monoisotopic (exact) mass is 272 g/mol. The van der Waals surface area contributed by atoms with Gasteiger partial charge in [-0.2, -0.15) is 4.98 Å². The molecule has 3 heterocycles. The van der Waals surface area contributed by atoms with Gasteiger partial charge in [0.25, 0.3) is 0 Å². The number of nitrogens with zero attached hydrogens (tertiary/aromatic N) is 4. The van der Waals surface area contributed by atoms with Crippen molar-refractivity contribution >= 4 is 5.95 Å². The first-order chi connectivity index (χ1) is 9.66. The summed E-state index contributed by atoms with van der Waals surface area (Å²) >= 11 is 0. The number of H-pyrrole nitrogens is 1. The van der Waals surface area contributed by atoms with Crippen molar-refractivity contribution in [2.45, 2.75) is 38.8 Å². The molecule has 0 bridgehead atoms. The van der Waals surface area contributed by atoms with E-state index in [1.165, 1.54) is 0 Å². The van der Waals surface area contributed by atoms with E-state index < -0.39 is 0 Å². The molecule has 2 unspecified atom stereocenters. The van der Waals surface area contributed by atoms with Gasteiger partial charge in [0.1, 0.15) is 0 Å². The zero-order chi connectivity index (χ0) is 14.1. The van der Waals surface area contributed by atoms with Crippen LogP contribution in [0.5, 0.6) is 0 Å². The third-order valence-electron chi connectivity index (χ3n) is 4.04. The molecule has 0 aromatic carbocycles. The molecule has 106 valence electrons. The first-order valence-electron chi connectivity index (χ1n) is 7.03. The molecule has 1 aliphatic heterocycles. The van der Waals surface area contributed by atoms with E-state index in [4.69, 9.17) is 5.73 Å². The van der Waals surface area contributed by atoms with E-state index in [0.717, 1.165) is 42.4 Å². The average Bonchev–Trinajstić information content (AvgIpc) is 2.92. The Bertz CT molecular complexity index is 593. The molecule has 0 amide bonds. The molecule has 6 nitrogen and oxygen atoms in total. The van der Waals surface area contributed by atoms with E-state index in [1.807, 2.05) is 19.1 Å². The zero-order valence-electron chi connectivity index (χ0n) is 11.9. The van der Waals surface area contributed by atoms with Gasteiger partial charge in [-0.3, -0.25) is 10.1 Å². The lowest BCUT2D eigenvalue weighted by Crippen LogP contribution is -2.50. The van der Waals surface area contributed by atoms with Crippen molar-refractivity contribution < 1.29 is 0 Å². The van der Waals surface area contributed by atoms with Gasteiger partial charge in [-0.25, -0.2) is 0 Å². The maximum Gasteiger partial charge on any atom is 0.245 e. The summed E-state index contributed by atoms with van der Waals surface area (Å²) in [6.07, 6.45) is 3.93. The summed E-state index contributed by atoms with van der Waals surface area (Å²) in [6, 6.07) is 4.36. The van der Waals surface area contributed by atoms with Crippen LogP contribution in [0.1, 0.15) is 25.5 Å². The Morgan fingerprint density at radius 2 is 2.30 bits per heavy atom. The minimum absolute atomic E-state index is 0.186. The van der Waals surface area contributed by atoms with Gasteiger partial charge in [-0.15, -0.1) is 5.10 Å². The number of aromatic amines is 1. The van der Waals surface area contributed by atoms with Crippen molar-refractivity contribution in [1.82, 2.24) is 20.2 Å². The summed E-state index contributed by atoms with van der Waals surface area (Å²) in [5, 5.41) is 7.36. The highest BCUT2D eigenvalue weighted by atomic mass is 15.4. The number of hydrogen-bond acceptors (Lipinski definition) is 5. The molecule has 0 radical (unpaired) electrons. The molecule has 2 aromatic rings. The van der Waals surface area contributed by atoms with Crippen molar-refractivity contribution in [2.75, 3.05) is 11.4 Å². The summed E-state index contributed by atoms with van der Waals surface area (Å²) in [4.78, 5) is 11.1. The van der Waals surface area contributed by atoms with Crippen LogP contribution in [0, 0.1) is 6.92 Å². The topological polar surface area (TPSA) is 83.7 Å². The van der Waals surface area contributed by atoms with Gasteiger partial charge in [-0.05, 0) is 38.8 Å². The second-order valence-corrected chi connectivity index (χ2v) is 5.36. The first kappa shape index (κ1) is 13.1. The Hall–Kier alpha value is -1.95. The van der Waals surface area contributed by atoms with Gasteiger partial charge in [0, 0.05) is 36.1 Å². The minimum Gasteiger partial charge on any atom is -0.335 e. The maximum absolute atomic E-state index is 6.13. The normalized spacial score (nSPS) is 23.1. The lowest BCUT2D eigenvalue weighted by atomic mass is 9.99. The predicted molar refractivity (Wildman–Crippen MR) is 78.4 cm³/mol. The van der Waals surface area contributed by atoms with Crippen LogP contribution < -0.4 is 10.6 Å². The number of aryl methyl sites for hydroxylation is 1. The molecule has 0 saturated carbocycles. The van der Waals surface area contributed by atoms with Crippen molar-refractivity contribution in [1.29, 1.82) is 0 Å². The summed E-state index contributed by atoms with van der Waals surface area (Å²) in [5.74, 6) is 1.49. The van der Waals surface area contributed by atoms with Crippen LogP contribution >= 0.6 is 0 Å². The number of pyridine rings is 1. The number of rotatable bonds is 2. The Labute approximate surface area is 118 Å². The molecular formula is C14H20N6. The lowest BCUT2D eigenvalue weighted by molar-refractivity contribution is 0.416. The summed E-state index contributed by atoms with van der Waals surface area (Å²) < 4.78 is 0. The van der Waals surface area contributed by atoms with Crippen molar-refractivity contribution in [2.24, 2.45) is 5.73 Å². The molecule has 2 aromatic heterocycles. The highest BCUT2D eigenvalue weighted by Crippen LogP contribution is 2.24. The van der Waals surface area contributed by atoms with E-state index in [0.29, 0.717) is 0 Å². The highest BCUT2D eigenvalue weighted by molar-refractivity contribution is 5.58. The van der Waals surface area contributed by atoms with Crippen LogP contribution in [0.3, 0.4) is 0 Å². The number of piperidine rings is 1. The summed E-state index contributed by atoms with van der Waals surface area (Å²) in [6.45, 7) is 5.06. The van der Waals surface area contributed by atoms with Crippen LogP contribution in [0.4, 0.5) is 5.95 Å². The van der Waals surface area contributed by atoms with Crippen LogP contribution in [0.25, 0.3) is 11.4 Å². The molecule has 20 heavy (non-hydrogen) atoms. The zero-order valence-corrected chi connectivity index (χ0v) is 11.9.